The number of aryl methyl sites for hydroxylation is 2. The molecular weight excluding hydrogens is 344 g/mol. The van der Waals surface area contributed by atoms with Crippen LogP contribution in [0.25, 0.3) is 5.78 Å². The van der Waals surface area contributed by atoms with E-state index in [0.29, 0.717) is 18.4 Å². The van der Waals surface area contributed by atoms with Crippen LogP contribution in [0.5, 0.6) is 0 Å². The van der Waals surface area contributed by atoms with E-state index < -0.39 is 5.54 Å². The van der Waals surface area contributed by atoms with Gasteiger partial charge in [-0.1, -0.05) is 0 Å². The van der Waals surface area contributed by atoms with Crippen molar-refractivity contribution in [1.29, 1.82) is 0 Å². The maximum Gasteiger partial charge on any atom is 0.294 e. The Morgan fingerprint density at radius 1 is 1.15 bits per heavy atom. The molecule has 8 heteroatoms. The van der Waals surface area contributed by atoms with E-state index in [1.54, 1.807) is 9.42 Å². The number of hydrogen-bond acceptors (Lipinski definition) is 5. The van der Waals surface area contributed by atoms with Gasteiger partial charge in [0.15, 0.2) is 0 Å². The van der Waals surface area contributed by atoms with Crippen molar-refractivity contribution in [2.45, 2.75) is 64.0 Å². The number of piperidine rings is 1. The molecule has 27 heavy (non-hydrogen) atoms. The van der Waals surface area contributed by atoms with Crippen molar-refractivity contribution in [1.82, 2.24) is 29.4 Å². The molecule has 8 nitrogen and oxygen atoms in total. The predicted octanol–water partition coefficient (Wildman–Crippen LogP) is 1.50. The van der Waals surface area contributed by atoms with Crippen LogP contribution in [0.4, 0.5) is 0 Å². The van der Waals surface area contributed by atoms with Crippen molar-refractivity contribution in [2.24, 2.45) is 0 Å². The smallest absolute Gasteiger partial charge is 0.294 e. The molecule has 0 radical (unpaired) electrons. The number of carbonyl (C=O) groups excluding carboxylic acids is 2. The Labute approximate surface area is 157 Å². The SMILES string of the molecule is Cc1cc(C)n2nc(C(=O)N3CCCC34CCCN(C3CC3)C4=O)nc2n1. The lowest BCUT2D eigenvalue weighted by atomic mass is 9.85. The van der Waals surface area contributed by atoms with Gasteiger partial charge < -0.3 is 9.80 Å². The Kier molecular flexibility index (Phi) is 3.54. The zero-order chi connectivity index (χ0) is 18.8. The fraction of sp³-hybridized carbons (Fsp3) is 0.632. The summed E-state index contributed by atoms with van der Waals surface area (Å²) in [7, 11) is 0. The third-order valence-electron chi connectivity index (χ3n) is 6.18. The highest BCUT2D eigenvalue weighted by Crippen LogP contribution is 2.42. The molecule has 0 N–H and O–H groups in total. The van der Waals surface area contributed by atoms with Crippen LogP contribution in [-0.4, -0.2) is 65.9 Å². The quantitative estimate of drug-likeness (QED) is 0.802. The van der Waals surface area contributed by atoms with Gasteiger partial charge in [0, 0.05) is 30.5 Å². The first-order valence-corrected chi connectivity index (χ1v) is 9.84. The van der Waals surface area contributed by atoms with Gasteiger partial charge >= 0.3 is 0 Å². The van der Waals surface area contributed by atoms with Crippen LogP contribution >= 0.6 is 0 Å². The average molecular weight is 368 g/mol. The van der Waals surface area contributed by atoms with Crippen molar-refractivity contribution in [3.05, 3.63) is 23.3 Å². The van der Waals surface area contributed by atoms with Crippen LogP contribution in [0.2, 0.25) is 0 Å². The standard InChI is InChI=1S/C19H24N6O2/c1-12-11-13(2)25-18(20-12)21-15(22-25)16(26)24-10-4-8-19(24)7-3-9-23(17(19)27)14-5-6-14/h11,14H,3-10H2,1-2H3. The third kappa shape index (κ3) is 2.45. The molecule has 1 unspecified atom stereocenters. The number of hydrogen-bond donors (Lipinski definition) is 0. The highest BCUT2D eigenvalue weighted by Gasteiger charge is 2.55. The third-order valence-corrected chi connectivity index (χ3v) is 6.18. The summed E-state index contributed by atoms with van der Waals surface area (Å²) in [4.78, 5) is 39.1. The van der Waals surface area contributed by atoms with Gasteiger partial charge in [-0.05, 0) is 58.4 Å². The van der Waals surface area contributed by atoms with Crippen molar-refractivity contribution in [2.75, 3.05) is 13.1 Å². The molecule has 2 aromatic heterocycles. The minimum absolute atomic E-state index is 0.133. The first-order valence-electron chi connectivity index (χ1n) is 9.84. The van der Waals surface area contributed by atoms with E-state index in [4.69, 9.17) is 0 Å². The minimum atomic E-state index is -0.701. The van der Waals surface area contributed by atoms with E-state index in [9.17, 15) is 9.59 Å². The lowest BCUT2D eigenvalue weighted by Crippen LogP contribution is -2.61. The van der Waals surface area contributed by atoms with Gasteiger partial charge in [-0.3, -0.25) is 9.59 Å². The van der Waals surface area contributed by atoms with Crippen LogP contribution in [0.1, 0.15) is 60.5 Å². The molecule has 1 spiro atoms. The van der Waals surface area contributed by atoms with E-state index in [1.807, 2.05) is 24.8 Å². The summed E-state index contributed by atoms with van der Waals surface area (Å²) in [5.41, 5.74) is 1.02. The summed E-state index contributed by atoms with van der Waals surface area (Å²) in [5.74, 6) is 0.449. The molecule has 142 valence electrons. The molecule has 5 rings (SSSR count). The highest BCUT2D eigenvalue weighted by atomic mass is 16.2. The number of amides is 2. The molecule has 2 saturated heterocycles. The fourth-order valence-corrected chi connectivity index (χ4v) is 4.79. The lowest BCUT2D eigenvalue weighted by Gasteiger charge is -2.44. The lowest BCUT2D eigenvalue weighted by molar-refractivity contribution is -0.146. The van der Waals surface area contributed by atoms with E-state index in [-0.39, 0.29) is 17.6 Å². The first-order chi connectivity index (χ1) is 13.0. The summed E-state index contributed by atoms with van der Waals surface area (Å²) in [6, 6.07) is 2.29. The Bertz CT molecular complexity index is 949. The molecule has 0 aromatic carbocycles. The second-order valence-electron chi connectivity index (χ2n) is 8.11. The molecule has 2 aromatic rings. The van der Waals surface area contributed by atoms with E-state index in [1.165, 1.54) is 0 Å². The molecule has 2 aliphatic heterocycles. The molecule has 0 bridgehead atoms. The number of nitrogens with zero attached hydrogens (tertiary/aromatic N) is 6. The summed E-state index contributed by atoms with van der Waals surface area (Å²) >= 11 is 0. The van der Waals surface area contributed by atoms with Crippen LogP contribution in [0.15, 0.2) is 6.07 Å². The number of likely N-dealkylation sites (tertiary alicyclic amines) is 2. The summed E-state index contributed by atoms with van der Waals surface area (Å²) < 4.78 is 1.60. The van der Waals surface area contributed by atoms with E-state index >= 15 is 0 Å². The number of carbonyl (C=O) groups is 2. The topological polar surface area (TPSA) is 83.7 Å². The molecule has 1 aliphatic carbocycles. The zero-order valence-corrected chi connectivity index (χ0v) is 15.8. The van der Waals surface area contributed by atoms with Crippen LogP contribution in [0, 0.1) is 13.8 Å². The Morgan fingerprint density at radius 2 is 1.89 bits per heavy atom. The molecule has 4 heterocycles. The second-order valence-corrected chi connectivity index (χ2v) is 8.11. The summed E-state index contributed by atoms with van der Waals surface area (Å²) in [5, 5.41) is 4.39. The molecule has 3 fully saturated rings. The molecule has 2 amide bonds. The van der Waals surface area contributed by atoms with Gasteiger partial charge in [-0.15, -0.1) is 5.10 Å². The van der Waals surface area contributed by atoms with Gasteiger partial charge in [-0.25, -0.2) is 9.50 Å². The van der Waals surface area contributed by atoms with Crippen molar-refractivity contribution in [3.8, 4) is 0 Å². The number of fused-ring (bicyclic) bond motifs is 1. The average Bonchev–Trinajstić information content (AvgIpc) is 3.24. The van der Waals surface area contributed by atoms with Crippen molar-refractivity contribution in [3.63, 3.8) is 0 Å². The van der Waals surface area contributed by atoms with Gasteiger partial charge in [0.2, 0.25) is 11.7 Å². The molecular formula is C19H24N6O2. The Balaban J connectivity index is 1.50. The largest absolute Gasteiger partial charge is 0.338 e. The highest BCUT2D eigenvalue weighted by molar-refractivity contribution is 5.98. The van der Waals surface area contributed by atoms with Crippen LogP contribution in [0.3, 0.4) is 0 Å². The Morgan fingerprint density at radius 3 is 2.63 bits per heavy atom. The second kappa shape index (κ2) is 5.74. The molecule has 1 saturated carbocycles. The van der Waals surface area contributed by atoms with E-state index in [0.717, 1.165) is 56.5 Å². The maximum absolute atomic E-state index is 13.3. The van der Waals surface area contributed by atoms with Gasteiger partial charge in [-0.2, -0.15) is 4.98 Å². The van der Waals surface area contributed by atoms with Gasteiger partial charge in [0.05, 0.1) is 0 Å². The maximum atomic E-state index is 13.3. The van der Waals surface area contributed by atoms with Gasteiger partial charge in [0.25, 0.3) is 11.7 Å². The van der Waals surface area contributed by atoms with E-state index in [2.05, 4.69) is 15.1 Å². The minimum Gasteiger partial charge on any atom is -0.338 e. The van der Waals surface area contributed by atoms with Crippen LogP contribution < -0.4 is 0 Å². The van der Waals surface area contributed by atoms with Crippen LogP contribution in [-0.2, 0) is 4.79 Å². The normalized spacial score (nSPS) is 25.8. The number of aromatic nitrogens is 4. The molecule has 1 atom stereocenters. The van der Waals surface area contributed by atoms with Crippen molar-refractivity contribution < 1.29 is 9.59 Å². The van der Waals surface area contributed by atoms with Crippen molar-refractivity contribution >= 4 is 17.6 Å². The predicted molar refractivity (Wildman–Crippen MR) is 97.2 cm³/mol. The summed E-state index contributed by atoms with van der Waals surface area (Å²) in [6.45, 7) is 5.22. The zero-order valence-electron chi connectivity index (χ0n) is 15.8. The first kappa shape index (κ1) is 16.6. The summed E-state index contributed by atoms with van der Waals surface area (Å²) in [6.07, 6.45) is 5.46. The number of rotatable bonds is 2. The monoisotopic (exact) mass is 368 g/mol. The Hall–Kier alpha value is -2.51. The van der Waals surface area contributed by atoms with Gasteiger partial charge in [0.1, 0.15) is 5.54 Å². The molecule has 3 aliphatic rings. The fourth-order valence-electron chi connectivity index (χ4n) is 4.79.